The standard InChI is InChI=1S/C14H13BrClN/c15-13-7-6-12(16)10-14(13)17-9-8-11-4-2-1-3-5-11/h1-7,10,17H,8-9H2. The first-order chi connectivity index (χ1) is 8.25. The summed E-state index contributed by atoms with van der Waals surface area (Å²) >= 11 is 9.45. The number of anilines is 1. The second kappa shape index (κ2) is 6.08. The van der Waals surface area contributed by atoms with E-state index in [4.69, 9.17) is 11.6 Å². The number of benzene rings is 2. The number of nitrogens with one attached hydrogen (secondary N) is 1. The first kappa shape index (κ1) is 12.5. The predicted molar refractivity (Wildman–Crippen MR) is 77.8 cm³/mol. The van der Waals surface area contributed by atoms with Gasteiger partial charge in [0.2, 0.25) is 0 Å². The molecular formula is C14H13BrClN. The maximum atomic E-state index is 5.95. The maximum Gasteiger partial charge on any atom is 0.0499 e. The quantitative estimate of drug-likeness (QED) is 0.858. The Morgan fingerprint density at radius 2 is 1.82 bits per heavy atom. The zero-order valence-electron chi connectivity index (χ0n) is 9.29. The Balaban J connectivity index is 1.92. The molecule has 0 bridgehead atoms. The van der Waals surface area contributed by atoms with Crippen LogP contribution < -0.4 is 5.32 Å². The Kier molecular flexibility index (Phi) is 4.46. The Morgan fingerprint density at radius 1 is 1.06 bits per heavy atom. The highest BCUT2D eigenvalue weighted by Crippen LogP contribution is 2.25. The van der Waals surface area contributed by atoms with Crippen molar-refractivity contribution in [3.63, 3.8) is 0 Å². The van der Waals surface area contributed by atoms with E-state index >= 15 is 0 Å². The summed E-state index contributed by atoms with van der Waals surface area (Å²) in [5.41, 5.74) is 2.37. The molecule has 2 aromatic carbocycles. The van der Waals surface area contributed by atoms with Gasteiger partial charge in [-0.1, -0.05) is 41.9 Å². The normalized spacial score (nSPS) is 10.2. The third kappa shape index (κ3) is 3.76. The van der Waals surface area contributed by atoms with Gasteiger partial charge in [0.05, 0.1) is 0 Å². The molecule has 3 heteroatoms. The van der Waals surface area contributed by atoms with Gasteiger partial charge in [-0.2, -0.15) is 0 Å². The van der Waals surface area contributed by atoms with Gasteiger partial charge in [-0.15, -0.1) is 0 Å². The monoisotopic (exact) mass is 309 g/mol. The van der Waals surface area contributed by atoms with E-state index in [0.29, 0.717) is 0 Å². The third-order valence-electron chi connectivity index (χ3n) is 2.50. The molecule has 0 fully saturated rings. The molecule has 0 spiro atoms. The lowest BCUT2D eigenvalue weighted by molar-refractivity contribution is 1.02. The lowest BCUT2D eigenvalue weighted by Crippen LogP contribution is -2.05. The molecule has 0 radical (unpaired) electrons. The zero-order valence-corrected chi connectivity index (χ0v) is 11.6. The maximum absolute atomic E-state index is 5.95. The fraction of sp³-hybridized carbons (Fsp3) is 0.143. The van der Waals surface area contributed by atoms with Gasteiger partial charge in [-0.05, 0) is 46.1 Å². The van der Waals surface area contributed by atoms with Gasteiger partial charge < -0.3 is 5.32 Å². The lowest BCUT2D eigenvalue weighted by Gasteiger charge is -2.09. The van der Waals surface area contributed by atoms with E-state index < -0.39 is 0 Å². The number of halogens is 2. The molecule has 1 nitrogen and oxygen atoms in total. The molecule has 0 aliphatic carbocycles. The van der Waals surface area contributed by atoms with Gasteiger partial charge in [-0.25, -0.2) is 0 Å². The van der Waals surface area contributed by atoms with Crippen molar-refractivity contribution < 1.29 is 0 Å². The summed E-state index contributed by atoms with van der Waals surface area (Å²) in [5, 5.41) is 4.12. The van der Waals surface area contributed by atoms with Crippen LogP contribution in [0.2, 0.25) is 5.02 Å². The van der Waals surface area contributed by atoms with Crippen LogP contribution in [0.15, 0.2) is 53.0 Å². The molecule has 0 saturated carbocycles. The lowest BCUT2D eigenvalue weighted by atomic mass is 10.1. The van der Waals surface area contributed by atoms with E-state index in [1.54, 1.807) is 0 Å². The first-order valence-electron chi connectivity index (χ1n) is 5.48. The van der Waals surface area contributed by atoms with E-state index in [-0.39, 0.29) is 0 Å². The van der Waals surface area contributed by atoms with Crippen molar-refractivity contribution in [3.05, 3.63) is 63.6 Å². The summed E-state index contributed by atoms with van der Waals surface area (Å²) in [6.45, 7) is 0.892. The molecule has 1 N–H and O–H groups in total. The third-order valence-corrected chi connectivity index (χ3v) is 3.43. The minimum Gasteiger partial charge on any atom is -0.384 e. The summed E-state index contributed by atoms with van der Waals surface area (Å²) < 4.78 is 1.04. The second-order valence-corrected chi connectivity index (χ2v) is 5.08. The molecule has 17 heavy (non-hydrogen) atoms. The minimum absolute atomic E-state index is 0.746. The molecule has 0 atom stereocenters. The SMILES string of the molecule is Clc1ccc(Br)c(NCCc2ccccc2)c1. The van der Waals surface area contributed by atoms with Crippen molar-refractivity contribution in [2.45, 2.75) is 6.42 Å². The first-order valence-corrected chi connectivity index (χ1v) is 6.65. The Bertz CT molecular complexity index is 485. The summed E-state index contributed by atoms with van der Waals surface area (Å²) in [5.74, 6) is 0. The van der Waals surface area contributed by atoms with Crippen molar-refractivity contribution in [2.24, 2.45) is 0 Å². The van der Waals surface area contributed by atoms with Crippen LogP contribution >= 0.6 is 27.5 Å². The van der Waals surface area contributed by atoms with Crippen LogP contribution in [-0.2, 0) is 6.42 Å². The summed E-state index contributed by atoms with van der Waals surface area (Å²) in [6, 6.07) is 16.2. The van der Waals surface area contributed by atoms with E-state index in [2.05, 4.69) is 45.5 Å². The fourth-order valence-electron chi connectivity index (χ4n) is 1.62. The molecule has 0 aliphatic rings. The fourth-order valence-corrected chi connectivity index (χ4v) is 2.18. The molecule has 0 aromatic heterocycles. The number of rotatable bonds is 4. The molecular weight excluding hydrogens is 298 g/mol. The Morgan fingerprint density at radius 3 is 2.59 bits per heavy atom. The average Bonchev–Trinajstić information content (AvgIpc) is 2.35. The molecule has 0 aliphatic heterocycles. The summed E-state index contributed by atoms with van der Waals surface area (Å²) in [7, 11) is 0. The number of hydrogen-bond donors (Lipinski definition) is 1. The molecule has 0 unspecified atom stereocenters. The van der Waals surface area contributed by atoms with E-state index in [0.717, 1.165) is 28.1 Å². The van der Waals surface area contributed by atoms with Crippen LogP contribution in [0.3, 0.4) is 0 Å². The predicted octanol–water partition coefficient (Wildman–Crippen LogP) is 4.76. The van der Waals surface area contributed by atoms with Crippen LogP contribution in [-0.4, -0.2) is 6.54 Å². The van der Waals surface area contributed by atoms with Gasteiger partial charge in [0.15, 0.2) is 0 Å². The van der Waals surface area contributed by atoms with Crippen molar-refractivity contribution in [2.75, 3.05) is 11.9 Å². The highest BCUT2D eigenvalue weighted by molar-refractivity contribution is 9.10. The van der Waals surface area contributed by atoms with Crippen molar-refractivity contribution >= 4 is 33.2 Å². The van der Waals surface area contributed by atoms with E-state index in [1.807, 2.05) is 24.3 Å². The molecule has 0 saturated heterocycles. The summed E-state index contributed by atoms with van der Waals surface area (Å²) in [6.07, 6.45) is 1.000. The summed E-state index contributed by atoms with van der Waals surface area (Å²) in [4.78, 5) is 0. The van der Waals surface area contributed by atoms with Crippen molar-refractivity contribution in [3.8, 4) is 0 Å². The zero-order chi connectivity index (χ0) is 12.1. The van der Waals surface area contributed by atoms with E-state index in [9.17, 15) is 0 Å². The van der Waals surface area contributed by atoms with Gasteiger partial charge in [0.1, 0.15) is 0 Å². The second-order valence-electron chi connectivity index (χ2n) is 3.79. The molecule has 0 amide bonds. The van der Waals surface area contributed by atoms with Crippen LogP contribution in [0.25, 0.3) is 0 Å². The smallest absolute Gasteiger partial charge is 0.0499 e. The highest BCUT2D eigenvalue weighted by Gasteiger charge is 2.00. The van der Waals surface area contributed by atoms with Crippen molar-refractivity contribution in [1.29, 1.82) is 0 Å². The average molecular weight is 311 g/mol. The van der Waals surface area contributed by atoms with Crippen LogP contribution in [0.4, 0.5) is 5.69 Å². The van der Waals surface area contributed by atoms with Gasteiger partial charge in [0.25, 0.3) is 0 Å². The van der Waals surface area contributed by atoms with Crippen LogP contribution in [0.1, 0.15) is 5.56 Å². The van der Waals surface area contributed by atoms with Gasteiger partial charge in [-0.3, -0.25) is 0 Å². The van der Waals surface area contributed by atoms with E-state index in [1.165, 1.54) is 5.56 Å². The van der Waals surface area contributed by atoms with Gasteiger partial charge >= 0.3 is 0 Å². The number of hydrogen-bond acceptors (Lipinski definition) is 1. The van der Waals surface area contributed by atoms with Gasteiger partial charge in [0, 0.05) is 21.7 Å². The van der Waals surface area contributed by atoms with Crippen LogP contribution in [0, 0.1) is 0 Å². The largest absolute Gasteiger partial charge is 0.384 e. The van der Waals surface area contributed by atoms with Crippen molar-refractivity contribution in [1.82, 2.24) is 0 Å². The Hall–Kier alpha value is -0.990. The van der Waals surface area contributed by atoms with Crippen LogP contribution in [0.5, 0.6) is 0 Å². The topological polar surface area (TPSA) is 12.0 Å². The minimum atomic E-state index is 0.746. The molecule has 0 heterocycles. The molecule has 2 rings (SSSR count). The Labute approximate surface area is 115 Å². The molecule has 88 valence electrons. The molecule has 2 aromatic rings. The highest BCUT2D eigenvalue weighted by atomic mass is 79.9.